The van der Waals surface area contributed by atoms with Gasteiger partial charge in [0.25, 0.3) is 0 Å². The Balaban J connectivity index is 6.40. The van der Waals surface area contributed by atoms with Crippen molar-refractivity contribution < 1.29 is 5.11 Å². The van der Waals surface area contributed by atoms with E-state index >= 15 is 0 Å². The van der Waals surface area contributed by atoms with Crippen LogP contribution in [-0.4, -0.2) is 34.9 Å². The van der Waals surface area contributed by atoms with E-state index in [0.29, 0.717) is 0 Å². The van der Waals surface area contributed by atoms with Gasteiger partial charge in [0.2, 0.25) is 0 Å². The van der Waals surface area contributed by atoms with Gasteiger partial charge in [0.05, 0.1) is 0 Å². The van der Waals surface area contributed by atoms with Gasteiger partial charge in [-0.3, -0.25) is 0 Å². The van der Waals surface area contributed by atoms with Crippen molar-refractivity contribution in [2.75, 3.05) is 0 Å². The number of hydrogen-bond acceptors (Lipinski definition) is 1. The van der Waals surface area contributed by atoms with Crippen LogP contribution in [-0.2, 0) is 0 Å². The van der Waals surface area contributed by atoms with E-state index < -0.39 is 26.5 Å². The molecular weight excluding hydrogens is 365 g/mol. The van der Waals surface area contributed by atoms with Crippen LogP contribution < -0.4 is 0 Å². The Kier molecular flexibility index (Phi) is 7.94. The molecule has 0 fully saturated rings. The molecule has 1 nitrogen and oxygen atoms in total. The standard InChI is InChI=1S/C17H40Ge2O/c1-10-18(11-2,12-3)17(20,16(7,8)9)19(13-4,14-5)15-6/h20H,10-15H2,1-9H3. The third-order valence-electron chi connectivity index (χ3n) is 6.68. The van der Waals surface area contributed by atoms with Crippen LogP contribution in [0.1, 0.15) is 62.3 Å². The molecule has 0 unspecified atom stereocenters. The molecule has 0 amide bonds. The summed E-state index contributed by atoms with van der Waals surface area (Å²) in [6.07, 6.45) is 0. The van der Waals surface area contributed by atoms with Gasteiger partial charge in [0, 0.05) is 0 Å². The molecule has 1 N–H and O–H groups in total. The first kappa shape index (κ1) is 21.0. The van der Waals surface area contributed by atoms with E-state index in [1.54, 1.807) is 0 Å². The van der Waals surface area contributed by atoms with Gasteiger partial charge in [-0.2, -0.15) is 0 Å². The number of hydrogen-bond donors (Lipinski definition) is 1. The van der Waals surface area contributed by atoms with E-state index in [9.17, 15) is 5.11 Å². The average molecular weight is 406 g/mol. The molecule has 0 spiro atoms. The summed E-state index contributed by atoms with van der Waals surface area (Å²) < 4.78 is -0.260. The van der Waals surface area contributed by atoms with Crippen molar-refractivity contribution >= 4 is 26.5 Å². The van der Waals surface area contributed by atoms with Gasteiger partial charge in [-0.25, -0.2) is 0 Å². The summed E-state index contributed by atoms with van der Waals surface area (Å²) in [7, 11) is 0. The van der Waals surface area contributed by atoms with Crippen molar-refractivity contribution in [3.8, 4) is 0 Å². The Hall–Kier alpha value is 1.05. The zero-order chi connectivity index (χ0) is 16.2. The molecule has 0 aliphatic rings. The third-order valence-corrected chi connectivity index (χ3v) is 44.9. The second kappa shape index (κ2) is 7.54. The Labute approximate surface area is 134 Å². The van der Waals surface area contributed by atoms with E-state index in [-0.39, 0.29) is 8.68 Å². The molecule has 0 saturated heterocycles. The van der Waals surface area contributed by atoms with E-state index in [0.717, 1.165) is 0 Å². The Bertz CT molecular complexity index is 249. The minimum absolute atomic E-state index is 0.0526. The van der Waals surface area contributed by atoms with Crippen LogP contribution in [0.3, 0.4) is 0 Å². The molecule has 0 saturated carbocycles. The summed E-state index contributed by atoms with van der Waals surface area (Å²) >= 11 is -4.56. The van der Waals surface area contributed by atoms with Crippen molar-refractivity contribution in [3.05, 3.63) is 0 Å². The molecule has 0 aromatic rings. The topological polar surface area (TPSA) is 20.2 Å². The van der Waals surface area contributed by atoms with Crippen molar-refractivity contribution in [1.29, 1.82) is 0 Å². The summed E-state index contributed by atoms with van der Waals surface area (Å²) in [5.74, 6) is 0. The Morgan fingerprint density at radius 2 is 0.800 bits per heavy atom. The second-order valence-electron chi connectivity index (χ2n) is 7.64. The summed E-state index contributed by atoms with van der Waals surface area (Å²) in [6, 6.07) is 0. The van der Waals surface area contributed by atoms with Crippen LogP contribution in [0, 0.1) is 5.41 Å². The molecule has 3 heteroatoms. The molecule has 0 radical (unpaired) electrons. The van der Waals surface area contributed by atoms with Gasteiger partial charge in [0.15, 0.2) is 0 Å². The maximum absolute atomic E-state index is 12.3. The molecule has 0 heterocycles. The van der Waals surface area contributed by atoms with Gasteiger partial charge < -0.3 is 0 Å². The maximum atomic E-state index is 12.3. The monoisotopic (exact) mass is 408 g/mol. The predicted molar refractivity (Wildman–Crippen MR) is 98.8 cm³/mol. The Morgan fingerprint density at radius 3 is 0.900 bits per heavy atom. The summed E-state index contributed by atoms with van der Waals surface area (Å²) in [4.78, 5) is 0. The molecule has 0 aliphatic carbocycles. The molecule has 0 aromatic heterocycles. The van der Waals surface area contributed by atoms with Crippen molar-refractivity contribution in [3.63, 3.8) is 0 Å². The fraction of sp³-hybridized carbons (Fsp3) is 1.00. The number of rotatable bonds is 8. The molecule has 122 valence electrons. The van der Waals surface area contributed by atoms with E-state index in [1.807, 2.05) is 0 Å². The van der Waals surface area contributed by atoms with E-state index in [2.05, 4.69) is 62.3 Å². The second-order valence-corrected chi connectivity index (χ2v) is 32.5. The van der Waals surface area contributed by atoms with Crippen molar-refractivity contribution in [1.82, 2.24) is 0 Å². The predicted octanol–water partition coefficient (Wildman–Crippen LogP) is 5.86. The quantitative estimate of drug-likeness (QED) is 0.502. The zero-order valence-corrected chi connectivity index (χ0v) is 19.9. The van der Waals surface area contributed by atoms with Gasteiger partial charge >= 0.3 is 134 Å². The van der Waals surface area contributed by atoms with Crippen LogP contribution in [0.4, 0.5) is 0 Å². The first-order valence-corrected chi connectivity index (χ1v) is 19.8. The fourth-order valence-electron chi connectivity index (χ4n) is 5.19. The average Bonchev–Trinajstić information content (AvgIpc) is 2.42. The van der Waals surface area contributed by atoms with Gasteiger partial charge in [-0.05, 0) is 0 Å². The van der Waals surface area contributed by atoms with Crippen LogP contribution in [0.5, 0.6) is 0 Å². The van der Waals surface area contributed by atoms with Crippen molar-refractivity contribution in [2.45, 2.75) is 97.1 Å². The van der Waals surface area contributed by atoms with Gasteiger partial charge in [-0.1, -0.05) is 0 Å². The normalized spacial score (nSPS) is 14.7. The molecule has 0 aliphatic heterocycles. The van der Waals surface area contributed by atoms with Crippen LogP contribution in [0.15, 0.2) is 0 Å². The van der Waals surface area contributed by atoms with Crippen LogP contribution >= 0.6 is 0 Å². The van der Waals surface area contributed by atoms with Crippen LogP contribution in [0.25, 0.3) is 0 Å². The third kappa shape index (κ3) is 2.93. The SMILES string of the molecule is C[CH2][Ge]([CH2]C)([CH2]C)[C](O)(C(C)(C)C)[Ge]([CH2]C)([CH2]C)[CH2]C. The zero-order valence-electron chi connectivity index (χ0n) is 15.7. The van der Waals surface area contributed by atoms with Crippen LogP contribution in [0.2, 0.25) is 31.5 Å². The molecule has 0 atom stereocenters. The summed E-state index contributed by atoms with van der Waals surface area (Å²) in [5, 5.41) is 20.0. The fourth-order valence-corrected chi connectivity index (χ4v) is 50.8. The first-order valence-electron chi connectivity index (χ1n) is 8.84. The van der Waals surface area contributed by atoms with E-state index in [4.69, 9.17) is 0 Å². The van der Waals surface area contributed by atoms with E-state index in [1.165, 1.54) is 31.5 Å². The molecule has 0 aromatic carbocycles. The molecular formula is C17H40Ge2O. The van der Waals surface area contributed by atoms with Crippen molar-refractivity contribution in [2.24, 2.45) is 5.41 Å². The number of aliphatic hydroxyl groups is 1. The van der Waals surface area contributed by atoms with Gasteiger partial charge in [-0.15, -0.1) is 0 Å². The first-order chi connectivity index (χ1) is 9.11. The molecule has 20 heavy (non-hydrogen) atoms. The van der Waals surface area contributed by atoms with Gasteiger partial charge in [0.1, 0.15) is 0 Å². The molecule has 0 bridgehead atoms. The summed E-state index contributed by atoms with van der Waals surface area (Å²) in [5.41, 5.74) is 0.0526. The Morgan fingerprint density at radius 1 is 0.600 bits per heavy atom. The molecule has 0 rings (SSSR count). The summed E-state index contributed by atoms with van der Waals surface area (Å²) in [6.45, 7) is 21.2. The minimum atomic E-state index is -2.28.